The monoisotopic (exact) mass is 337 g/mol. The van der Waals surface area contributed by atoms with E-state index in [9.17, 15) is 18.3 Å². The van der Waals surface area contributed by atoms with Gasteiger partial charge in [-0.05, 0) is 20.1 Å². The minimum Gasteiger partial charge on any atom is -0.462 e. The average Bonchev–Trinajstić information content (AvgIpc) is 2.87. The molecule has 0 aromatic carbocycles. The van der Waals surface area contributed by atoms with Gasteiger partial charge in [0.25, 0.3) is 10.0 Å². The lowest BCUT2D eigenvalue weighted by Gasteiger charge is -2.22. The summed E-state index contributed by atoms with van der Waals surface area (Å²) in [5.74, 6) is -0.411. The van der Waals surface area contributed by atoms with Gasteiger partial charge in [0.1, 0.15) is 5.56 Å². The third-order valence-electron chi connectivity index (χ3n) is 2.47. The molecular weight excluding hydrogens is 318 g/mol. The molecule has 0 spiro atoms. The van der Waals surface area contributed by atoms with Gasteiger partial charge in [0, 0.05) is 12.3 Å². The van der Waals surface area contributed by atoms with E-state index in [1.807, 2.05) is 0 Å². The number of hydrogen-bond acceptors (Lipinski definition) is 7. The highest BCUT2D eigenvalue weighted by Crippen LogP contribution is 2.15. The molecule has 0 aliphatic heterocycles. The normalized spacial score (nSPS) is 14.7. The van der Waals surface area contributed by atoms with Gasteiger partial charge < -0.3 is 9.84 Å². The topological polar surface area (TPSA) is 121 Å². The van der Waals surface area contributed by atoms with Crippen LogP contribution in [0.25, 0.3) is 0 Å². The number of nitrogens with zero attached hydrogens (tertiary/aromatic N) is 1. The van der Waals surface area contributed by atoms with E-state index in [2.05, 4.69) is 14.9 Å². The van der Waals surface area contributed by atoms with Gasteiger partial charge in [0.15, 0.2) is 5.03 Å². The van der Waals surface area contributed by atoms with Crippen molar-refractivity contribution in [1.82, 2.24) is 14.9 Å². The van der Waals surface area contributed by atoms with E-state index in [0.29, 0.717) is 5.75 Å². The molecule has 8 nitrogen and oxygen atoms in total. The van der Waals surface area contributed by atoms with Gasteiger partial charge in [0.2, 0.25) is 0 Å². The second kappa shape index (κ2) is 7.25. The Morgan fingerprint density at radius 2 is 2.29 bits per heavy atom. The van der Waals surface area contributed by atoms with Gasteiger partial charge in [-0.25, -0.2) is 17.9 Å². The van der Waals surface area contributed by atoms with Crippen LogP contribution in [-0.4, -0.2) is 60.5 Å². The number of rotatable bonds is 8. The number of aromatic nitrogens is 2. The maximum absolute atomic E-state index is 12.2. The molecule has 0 aliphatic carbocycles. The Morgan fingerprint density at radius 1 is 1.62 bits per heavy atom. The quantitative estimate of drug-likeness (QED) is 0.570. The van der Waals surface area contributed by atoms with E-state index in [-0.39, 0.29) is 23.7 Å². The molecule has 0 saturated heterocycles. The van der Waals surface area contributed by atoms with Gasteiger partial charge in [-0.1, -0.05) is 0 Å². The SMILES string of the molecule is CCOC(=O)c1cn[nH]c1S(=O)(=O)NCC(C)(O)CSC. The Morgan fingerprint density at radius 3 is 2.86 bits per heavy atom. The lowest BCUT2D eigenvalue weighted by Crippen LogP contribution is -2.42. The van der Waals surface area contributed by atoms with Crippen LogP contribution in [0.4, 0.5) is 0 Å². The Balaban J connectivity index is 2.89. The number of esters is 1. The lowest BCUT2D eigenvalue weighted by atomic mass is 10.1. The zero-order chi connectivity index (χ0) is 16.1. The van der Waals surface area contributed by atoms with E-state index in [4.69, 9.17) is 4.74 Å². The zero-order valence-electron chi connectivity index (χ0n) is 12.0. The summed E-state index contributed by atoms with van der Waals surface area (Å²) in [5, 5.41) is 15.4. The summed E-state index contributed by atoms with van der Waals surface area (Å²) in [5.41, 5.74) is -1.37. The molecule has 0 fully saturated rings. The van der Waals surface area contributed by atoms with Gasteiger partial charge in [-0.2, -0.15) is 16.9 Å². The molecule has 21 heavy (non-hydrogen) atoms. The molecule has 1 rings (SSSR count). The summed E-state index contributed by atoms with van der Waals surface area (Å²) >= 11 is 1.39. The summed E-state index contributed by atoms with van der Waals surface area (Å²) in [4.78, 5) is 11.6. The van der Waals surface area contributed by atoms with E-state index >= 15 is 0 Å². The van der Waals surface area contributed by atoms with E-state index in [0.717, 1.165) is 6.20 Å². The lowest BCUT2D eigenvalue weighted by molar-refractivity contribution is 0.0522. The van der Waals surface area contributed by atoms with Crippen molar-refractivity contribution in [3.63, 3.8) is 0 Å². The van der Waals surface area contributed by atoms with Crippen molar-refractivity contribution in [2.75, 3.05) is 25.2 Å². The van der Waals surface area contributed by atoms with Crippen molar-refractivity contribution in [3.05, 3.63) is 11.8 Å². The van der Waals surface area contributed by atoms with Gasteiger partial charge in [-0.3, -0.25) is 5.10 Å². The fourth-order valence-electron chi connectivity index (χ4n) is 1.52. The van der Waals surface area contributed by atoms with Crippen molar-refractivity contribution in [2.45, 2.75) is 24.5 Å². The van der Waals surface area contributed by atoms with E-state index in [1.54, 1.807) is 13.2 Å². The Kier molecular flexibility index (Phi) is 6.20. The standard InChI is InChI=1S/C11H19N3O5S2/c1-4-19-10(15)8-5-12-14-9(8)21(17,18)13-6-11(2,16)7-20-3/h5,13,16H,4,6-7H2,1-3H3,(H,12,14). The summed E-state index contributed by atoms with van der Waals surface area (Å²) < 4.78 is 31.3. The third kappa shape index (κ3) is 4.99. The van der Waals surface area contributed by atoms with Crippen LogP contribution < -0.4 is 4.72 Å². The first-order chi connectivity index (χ1) is 9.73. The third-order valence-corrected chi connectivity index (χ3v) is 4.75. The fraction of sp³-hybridized carbons (Fsp3) is 0.636. The molecule has 1 unspecified atom stereocenters. The number of H-pyrrole nitrogens is 1. The smallest absolute Gasteiger partial charge is 0.342 e. The van der Waals surface area contributed by atoms with Crippen LogP contribution >= 0.6 is 11.8 Å². The van der Waals surface area contributed by atoms with Crippen molar-refractivity contribution in [1.29, 1.82) is 0 Å². The number of ether oxygens (including phenoxy) is 1. The number of carbonyl (C=O) groups excluding carboxylic acids is 1. The predicted octanol–water partition coefficient (Wildman–Crippen LogP) is -0.0213. The number of aromatic amines is 1. The maximum atomic E-state index is 12.2. The van der Waals surface area contributed by atoms with Crippen molar-refractivity contribution >= 4 is 27.8 Å². The second-order valence-corrected chi connectivity index (χ2v) is 7.16. The summed E-state index contributed by atoms with van der Waals surface area (Å²) in [6.07, 6.45) is 2.89. The van der Waals surface area contributed by atoms with Crippen LogP contribution in [0.1, 0.15) is 24.2 Å². The van der Waals surface area contributed by atoms with Crippen LogP contribution in [0.5, 0.6) is 0 Å². The second-order valence-electron chi connectivity index (χ2n) is 4.59. The molecule has 10 heteroatoms. The maximum Gasteiger partial charge on any atom is 0.342 e. The van der Waals surface area contributed by atoms with Crippen LogP contribution in [0, 0.1) is 0 Å². The molecule has 1 heterocycles. The van der Waals surface area contributed by atoms with Crippen molar-refractivity contribution < 1.29 is 23.1 Å². The largest absolute Gasteiger partial charge is 0.462 e. The van der Waals surface area contributed by atoms with Crippen LogP contribution in [-0.2, 0) is 14.8 Å². The van der Waals surface area contributed by atoms with E-state index in [1.165, 1.54) is 18.7 Å². The minimum absolute atomic E-state index is 0.124. The van der Waals surface area contributed by atoms with Crippen molar-refractivity contribution in [3.8, 4) is 0 Å². The minimum atomic E-state index is -4.00. The Labute approximate surface area is 127 Å². The number of carbonyl (C=O) groups is 1. The molecular formula is C11H19N3O5S2. The van der Waals surface area contributed by atoms with Gasteiger partial charge in [0.05, 0.1) is 18.4 Å². The highest BCUT2D eigenvalue weighted by molar-refractivity contribution is 7.98. The number of nitrogens with one attached hydrogen (secondary N) is 2. The molecule has 1 aromatic heterocycles. The molecule has 1 atom stereocenters. The van der Waals surface area contributed by atoms with Crippen LogP contribution in [0.15, 0.2) is 11.2 Å². The highest BCUT2D eigenvalue weighted by atomic mass is 32.2. The van der Waals surface area contributed by atoms with Gasteiger partial charge >= 0.3 is 5.97 Å². The average molecular weight is 337 g/mol. The molecule has 0 radical (unpaired) electrons. The molecule has 3 N–H and O–H groups in total. The van der Waals surface area contributed by atoms with Crippen LogP contribution in [0.3, 0.4) is 0 Å². The van der Waals surface area contributed by atoms with Crippen LogP contribution in [0.2, 0.25) is 0 Å². The van der Waals surface area contributed by atoms with E-state index < -0.39 is 21.6 Å². The first-order valence-electron chi connectivity index (χ1n) is 6.15. The number of hydrogen-bond donors (Lipinski definition) is 3. The van der Waals surface area contributed by atoms with Crippen molar-refractivity contribution in [2.24, 2.45) is 0 Å². The number of aliphatic hydroxyl groups is 1. The molecule has 0 bridgehead atoms. The zero-order valence-corrected chi connectivity index (χ0v) is 13.7. The number of thioether (sulfide) groups is 1. The molecule has 120 valence electrons. The first kappa shape index (κ1) is 18.0. The fourth-order valence-corrected chi connectivity index (χ4v) is 3.49. The molecule has 1 aromatic rings. The molecule has 0 amide bonds. The summed E-state index contributed by atoms with van der Waals surface area (Å²) in [7, 11) is -4.00. The molecule has 0 aliphatic rings. The number of sulfonamides is 1. The first-order valence-corrected chi connectivity index (χ1v) is 9.02. The molecule has 0 saturated carbocycles. The summed E-state index contributed by atoms with van der Waals surface area (Å²) in [6, 6.07) is 0. The Bertz CT molecular complexity index is 582. The predicted molar refractivity (Wildman–Crippen MR) is 78.7 cm³/mol. The Hall–Kier alpha value is -1.10. The highest BCUT2D eigenvalue weighted by Gasteiger charge is 2.29. The summed E-state index contributed by atoms with van der Waals surface area (Å²) in [6.45, 7) is 3.08. The van der Waals surface area contributed by atoms with Gasteiger partial charge in [-0.15, -0.1) is 0 Å².